The highest BCUT2D eigenvalue weighted by Gasteiger charge is 2.15. The minimum absolute atomic E-state index is 0.237. The normalized spacial score (nSPS) is 16.6. The third-order valence-corrected chi connectivity index (χ3v) is 4.81. The number of benzene rings is 1. The lowest BCUT2D eigenvalue weighted by molar-refractivity contribution is 0.110. The van der Waals surface area contributed by atoms with Crippen molar-refractivity contribution in [3.05, 3.63) is 72.4 Å². The van der Waals surface area contributed by atoms with E-state index in [1.54, 1.807) is 24.5 Å². The lowest BCUT2D eigenvalue weighted by Crippen LogP contribution is -2.26. The van der Waals surface area contributed by atoms with Crippen LogP contribution in [0.4, 0.5) is 4.39 Å². The molecule has 1 aliphatic rings. The quantitative estimate of drug-likeness (QED) is 0.712. The fourth-order valence-corrected chi connectivity index (χ4v) is 3.39. The van der Waals surface area contributed by atoms with Crippen LogP contribution in [0.25, 0.3) is 22.4 Å². The van der Waals surface area contributed by atoms with Crippen molar-refractivity contribution in [1.82, 2.24) is 15.3 Å². The molecule has 0 bridgehead atoms. The highest BCUT2D eigenvalue weighted by molar-refractivity contribution is 5.69. The van der Waals surface area contributed by atoms with E-state index in [0.29, 0.717) is 12.6 Å². The van der Waals surface area contributed by atoms with Gasteiger partial charge in [-0.3, -0.25) is 9.97 Å². The van der Waals surface area contributed by atoms with Gasteiger partial charge in [0, 0.05) is 49.4 Å². The maximum atomic E-state index is 13.2. The van der Waals surface area contributed by atoms with Gasteiger partial charge in [-0.15, -0.1) is 0 Å². The summed E-state index contributed by atoms with van der Waals surface area (Å²) in [4.78, 5) is 8.80. The number of rotatable bonds is 6. The summed E-state index contributed by atoms with van der Waals surface area (Å²) in [5.74, 6) is -0.237. The van der Waals surface area contributed by atoms with Gasteiger partial charge in [-0.1, -0.05) is 12.1 Å². The second kappa shape index (κ2) is 8.37. The van der Waals surface area contributed by atoms with E-state index in [2.05, 4.69) is 16.4 Å². The first-order valence-corrected chi connectivity index (χ1v) is 9.27. The maximum Gasteiger partial charge on any atom is 0.123 e. The van der Waals surface area contributed by atoms with Gasteiger partial charge in [0.1, 0.15) is 5.82 Å². The Hall–Kier alpha value is -2.63. The van der Waals surface area contributed by atoms with Gasteiger partial charge < -0.3 is 10.1 Å². The van der Waals surface area contributed by atoms with Crippen LogP contribution in [0.1, 0.15) is 18.4 Å². The van der Waals surface area contributed by atoms with Crippen LogP contribution in [0.5, 0.6) is 0 Å². The number of ether oxygens (including phenoxy) is 1. The molecule has 0 radical (unpaired) electrons. The van der Waals surface area contributed by atoms with Gasteiger partial charge in [0.25, 0.3) is 0 Å². The van der Waals surface area contributed by atoms with Crippen LogP contribution >= 0.6 is 0 Å². The molecule has 1 atom stereocenters. The number of nitrogens with zero attached hydrogens (tertiary/aromatic N) is 2. The predicted octanol–water partition coefficient (Wildman–Crippen LogP) is 4.22. The van der Waals surface area contributed by atoms with Crippen molar-refractivity contribution in [2.24, 2.45) is 0 Å². The van der Waals surface area contributed by atoms with Crippen LogP contribution in [-0.4, -0.2) is 29.2 Å². The summed E-state index contributed by atoms with van der Waals surface area (Å²) in [6.45, 7) is 2.38. The number of hydrogen-bond donors (Lipinski definition) is 1. The van der Waals surface area contributed by atoms with E-state index < -0.39 is 0 Å². The first-order valence-electron chi connectivity index (χ1n) is 9.27. The van der Waals surface area contributed by atoms with E-state index in [4.69, 9.17) is 9.72 Å². The smallest absolute Gasteiger partial charge is 0.123 e. The van der Waals surface area contributed by atoms with Crippen molar-refractivity contribution in [1.29, 1.82) is 0 Å². The topological polar surface area (TPSA) is 47.0 Å². The zero-order valence-corrected chi connectivity index (χ0v) is 15.1. The molecule has 138 valence electrons. The Labute approximate surface area is 158 Å². The number of hydrogen-bond acceptors (Lipinski definition) is 4. The van der Waals surface area contributed by atoms with Crippen LogP contribution < -0.4 is 5.32 Å². The third kappa shape index (κ3) is 4.38. The summed E-state index contributed by atoms with van der Waals surface area (Å²) in [7, 11) is 0. The number of pyridine rings is 2. The molecule has 27 heavy (non-hydrogen) atoms. The highest BCUT2D eigenvalue weighted by Crippen LogP contribution is 2.27. The SMILES string of the molecule is Fc1ccc(-c2cnc(-c3ccncc3)c(CNC[C@H]3CCCO3)c2)cc1. The number of halogens is 1. The molecule has 0 amide bonds. The van der Waals surface area contributed by atoms with Crippen molar-refractivity contribution in [3.8, 4) is 22.4 Å². The molecule has 3 aromatic rings. The Morgan fingerprint density at radius 3 is 2.59 bits per heavy atom. The largest absolute Gasteiger partial charge is 0.377 e. The van der Waals surface area contributed by atoms with Crippen molar-refractivity contribution in [2.45, 2.75) is 25.5 Å². The van der Waals surface area contributed by atoms with Crippen molar-refractivity contribution >= 4 is 0 Å². The van der Waals surface area contributed by atoms with E-state index in [0.717, 1.165) is 53.9 Å². The van der Waals surface area contributed by atoms with Crippen LogP contribution in [0, 0.1) is 5.82 Å². The molecule has 0 saturated carbocycles. The minimum Gasteiger partial charge on any atom is -0.377 e. The fourth-order valence-electron chi connectivity index (χ4n) is 3.39. The molecular formula is C22H22FN3O. The molecule has 0 spiro atoms. The molecule has 0 unspecified atom stereocenters. The van der Waals surface area contributed by atoms with E-state index in [1.165, 1.54) is 12.1 Å². The predicted molar refractivity (Wildman–Crippen MR) is 104 cm³/mol. The number of nitrogens with one attached hydrogen (secondary N) is 1. The van der Waals surface area contributed by atoms with Gasteiger partial charge in [-0.2, -0.15) is 0 Å². The van der Waals surface area contributed by atoms with E-state index in [1.807, 2.05) is 18.3 Å². The summed E-state index contributed by atoms with van der Waals surface area (Å²) >= 11 is 0. The molecule has 2 aromatic heterocycles. The first-order chi connectivity index (χ1) is 13.3. The van der Waals surface area contributed by atoms with Crippen LogP contribution in [0.2, 0.25) is 0 Å². The number of aromatic nitrogens is 2. The van der Waals surface area contributed by atoms with Gasteiger partial charge in [0.2, 0.25) is 0 Å². The Morgan fingerprint density at radius 2 is 1.85 bits per heavy atom. The lowest BCUT2D eigenvalue weighted by Gasteiger charge is -2.14. The first kappa shape index (κ1) is 17.8. The second-order valence-electron chi connectivity index (χ2n) is 6.74. The molecule has 3 heterocycles. The maximum absolute atomic E-state index is 13.2. The van der Waals surface area contributed by atoms with Gasteiger partial charge in [0.05, 0.1) is 11.8 Å². The molecular weight excluding hydrogens is 341 g/mol. The molecule has 1 aliphatic heterocycles. The Bertz CT molecular complexity index is 878. The molecule has 4 rings (SSSR count). The minimum atomic E-state index is -0.237. The average Bonchev–Trinajstić information content (AvgIpc) is 3.23. The second-order valence-corrected chi connectivity index (χ2v) is 6.74. The van der Waals surface area contributed by atoms with Gasteiger partial charge in [-0.25, -0.2) is 4.39 Å². The van der Waals surface area contributed by atoms with Crippen molar-refractivity contribution in [3.63, 3.8) is 0 Å². The zero-order valence-electron chi connectivity index (χ0n) is 15.1. The molecule has 4 nitrogen and oxygen atoms in total. The summed E-state index contributed by atoms with van der Waals surface area (Å²) in [6, 6.07) is 12.6. The Kier molecular flexibility index (Phi) is 5.51. The van der Waals surface area contributed by atoms with E-state index in [-0.39, 0.29) is 5.82 Å². The van der Waals surface area contributed by atoms with E-state index in [9.17, 15) is 4.39 Å². The molecule has 1 aromatic carbocycles. The third-order valence-electron chi connectivity index (χ3n) is 4.81. The van der Waals surface area contributed by atoms with Gasteiger partial charge in [0.15, 0.2) is 0 Å². The Balaban J connectivity index is 1.61. The zero-order chi connectivity index (χ0) is 18.5. The van der Waals surface area contributed by atoms with Crippen molar-refractivity contribution < 1.29 is 9.13 Å². The summed E-state index contributed by atoms with van der Waals surface area (Å²) in [5.41, 5.74) is 4.99. The lowest BCUT2D eigenvalue weighted by atomic mass is 10.0. The van der Waals surface area contributed by atoms with E-state index >= 15 is 0 Å². The molecule has 1 saturated heterocycles. The fraction of sp³-hybridized carbons (Fsp3) is 0.273. The molecule has 1 fully saturated rings. The standard InChI is InChI=1S/C22H22FN3O/c23-20-5-3-16(4-6-20)18-12-19(13-25-15-21-2-1-11-27-21)22(26-14-18)17-7-9-24-10-8-17/h3-10,12,14,21,25H,1-2,11,13,15H2/t21-/m1/s1. The van der Waals surface area contributed by atoms with Gasteiger partial charge >= 0.3 is 0 Å². The van der Waals surface area contributed by atoms with Crippen LogP contribution in [-0.2, 0) is 11.3 Å². The van der Waals surface area contributed by atoms with Crippen LogP contribution in [0.3, 0.4) is 0 Å². The summed E-state index contributed by atoms with van der Waals surface area (Å²) in [5, 5.41) is 3.50. The molecule has 1 N–H and O–H groups in total. The average molecular weight is 363 g/mol. The monoisotopic (exact) mass is 363 g/mol. The van der Waals surface area contributed by atoms with Crippen molar-refractivity contribution in [2.75, 3.05) is 13.2 Å². The van der Waals surface area contributed by atoms with Gasteiger partial charge in [-0.05, 0) is 54.3 Å². The highest BCUT2D eigenvalue weighted by atomic mass is 19.1. The summed E-state index contributed by atoms with van der Waals surface area (Å²) < 4.78 is 18.9. The molecule has 5 heteroatoms. The Morgan fingerprint density at radius 1 is 1.04 bits per heavy atom. The molecule has 0 aliphatic carbocycles. The summed E-state index contributed by atoms with van der Waals surface area (Å²) in [6.07, 6.45) is 7.92. The van der Waals surface area contributed by atoms with Crippen LogP contribution in [0.15, 0.2) is 61.1 Å².